The van der Waals surface area contributed by atoms with E-state index in [2.05, 4.69) is 28.9 Å². The van der Waals surface area contributed by atoms with Crippen LogP contribution in [0.25, 0.3) is 0 Å². The van der Waals surface area contributed by atoms with Crippen molar-refractivity contribution in [3.05, 3.63) is 47.4 Å². The maximum absolute atomic E-state index is 13.2. The molecule has 1 saturated heterocycles. The SMILES string of the molecule is CC(C)c1noc(CN2CCC(=O)N(Cc3ccc(F)cc3)[C@@H](C(C)C)C2)n1. The van der Waals surface area contributed by atoms with Gasteiger partial charge < -0.3 is 9.42 Å². The number of nitrogens with zero attached hydrogens (tertiary/aromatic N) is 4. The molecule has 1 fully saturated rings. The van der Waals surface area contributed by atoms with Crippen molar-refractivity contribution in [1.82, 2.24) is 19.9 Å². The molecule has 0 saturated carbocycles. The van der Waals surface area contributed by atoms with Crippen LogP contribution in [0.4, 0.5) is 4.39 Å². The van der Waals surface area contributed by atoms with Crippen LogP contribution in [-0.4, -0.2) is 45.0 Å². The van der Waals surface area contributed by atoms with E-state index in [4.69, 9.17) is 4.52 Å². The zero-order chi connectivity index (χ0) is 20.3. The maximum atomic E-state index is 13.2. The molecule has 7 heteroatoms. The van der Waals surface area contributed by atoms with Gasteiger partial charge in [0.25, 0.3) is 0 Å². The second-order valence-electron chi connectivity index (χ2n) is 8.15. The van der Waals surface area contributed by atoms with E-state index >= 15 is 0 Å². The van der Waals surface area contributed by atoms with Crippen LogP contribution in [0.15, 0.2) is 28.8 Å². The highest BCUT2D eigenvalue weighted by Crippen LogP contribution is 2.22. The van der Waals surface area contributed by atoms with Crippen molar-refractivity contribution in [2.24, 2.45) is 5.92 Å². The number of carbonyl (C=O) groups excluding carboxylic acids is 1. The Morgan fingerprint density at radius 1 is 1.18 bits per heavy atom. The molecule has 1 amide bonds. The van der Waals surface area contributed by atoms with Gasteiger partial charge in [-0.3, -0.25) is 9.69 Å². The van der Waals surface area contributed by atoms with Crippen LogP contribution in [0.1, 0.15) is 57.3 Å². The van der Waals surface area contributed by atoms with Gasteiger partial charge >= 0.3 is 0 Å². The molecule has 0 unspecified atom stereocenters. The van der Waals surface area contributed by atoms with Crippen LogP contribution in [-0.2, 0) is 17.9 Å². The normalized spacial score (nSPS) is 18.9. The van der Waals surface area contributed by atoms with Crippen molar-refractivity contribution in [3.8, 4) is 0 Å². The fourth-order valence-corrected chi connectivity index (χ4v) is 3.50. The first kappa shape index (κ1) is 20.5. The summed E-state index contributed by atoms with van der Waals surface area (Å²) in [6.07, 6.45) is 0.440. The molecule has 0 aliphatic carbocycles. The number of carbonyl (C=O) groups is 1. The number of benzene rings is 1. The molecule has 0 radical (unpaired) electrons. The summed E-state index contributed by atoms with van der Waals surface area (Å²) in [6.45, 7) is 10.7. The molecular weight excluding hydrogens is 359 g/mol. The van der Waals surface area contributed by atoms with Gasteiger partial charge in [-0.2, -0.15) is 4.98 Å². The van der Waals surface area contributed by atoms with E-state index in [9.17, 15) is 9.18 Å². The number of hydrogen-bond acceptors (Lipinski definition) is 5. The van der Waals surface area contributed by atoms with Gasteiger partial charge in [0.05, 0.1) is 6.54 Å². The standard InChI is InChI=1S/C21H29FN4O2/c1-14(2)18-12-25(13-19-23-21(15(3)4)24-28-19)10-9-20(27)26(18)11-16-5-7-17(22)8-6-16/h5-8,14-15,18H,9-13H2,1-4H3/t18-/m1/s1. The monoisotopic (exact) mass is 388 g/mol. The average Bonchev–Trinajstić information content (AvgIpc) is 3.06. The van der Waals surface area contributed by atoms with E-state index in [1.54, 1.807) is 12.1 Å². The van der Waals surface area contributed by atoms with Gasteiger partial charge in [-0.25, -0.2) is 4.39 Å². The third kappa shape index (κ3) is 4.95. The number of halogens is 1. The maximum Gasteiger partial charge on any atom is 0.240 e. The largest absolute Gasteiger partial charge is 0.338 e. The Kier molecular flexibility index (Phi) is 6.44. The molecule has 2 heterocycles. The van der Waals surface area contributed by atoms with Crippen molar-refractivity contribution < 1.29 is 13.7 Å². The van der Waals surface area contributed by atoms with Gasteiger partial charge in [-0.05, 0) is 23.6 Å². The Bertz CT molecular complexity index is 788. The molecule has 1 atom stereocenters. The molecular formula is C21H29FN4O2. The molecule has 3 rings (SSSR count). The minimum Gasteiger partial charge on any atom is -0.338 e. The fourth-order valence-electron chi connectivity index (χ4n) is 3.50. The minimum atomic E-state index is -0.266. The second kappa shape index (κ2) is 8.82. The molecule has 0 bridgehead atoms. The number of hydrogen-bond donors (Lipinski definition) is 0. The highest BCUT2D eigenvalue weighted by atomic mass is 19.1. The van der Waals surface area contributed by atoms with Crippen LogP contribution >= 0.6 is 0 Å². The first-order chi connectivity index (χ1) is 13.3. The van der Waals surface area contributed by atoms with E-state index in [1.807, 2.05) is 18.7 Å². The van der Waals surface area contributed by atoms with Crippen molar-refractivity contribution in [3.63, 3.8) is 0 Å². The predicted octanol–water partition coefficient (Wildman–Crippen LogP) is 3.59. The fraction of sp³-hybridized carbons (Fsp3) is 0.571. The van der Waals surface area contributed by atoms with Crippen LogP contribution in [0, 0.1) is 11.7 Å². The molecule has 1 aromatic carbocycles. The summed E-state index contributed by atoms with van der Waals surface area (Å²) in [5.74, 6) is 1.67. The van der Waals surface area contributed by atoms with Gasteiger partial charge in [0.2, 0.25) is 11.8 Å². The quantitative estimate of drug-likeness (QED) is 0.757. The van der Waals surface area contributed by atoms with Crippen LogP contribution in [0.5, 0.6) is 0 Å². The second-order valence-corrected chi connectivity index (χ2v) is 8.15. The summed E-state index contributed by atoms with van der Waals surface area (Å²) >= 11 is 0. The van der Waals surface area contributed by atoms with Gasteiger partial charge in [-0.15, -0.1) is 0 Å². The van der Waals surface area contributed by atoms with Crippen molar-refractivity contribution in [1.29, 1.82) is 0 Å². The zero-order valence-electron chi connectivity index (χ0n) is 17.1. The summed E-state index contributed by atoms with van der Waals surface area (Å²) < 4.78 is 18.6. The highest BCUT2D eigenvalue weighted by molar-refractivity contribution is 5.77. The molecule has 28 heavy (non-hydrogen) atoms. The first-order valence-electron chi connectivity index (χ1n) is 9.92. The Hall–Kier alpha value is -2.28. The molecule has 1 aromatic heterocycles. The molecule has 1 aliphatic rings. The van der Waals surface area contributed by atoms with Gasteiger partial charge in [0.15, 0.2) is 5.82 Å². The number of aromatic nitrogens is 2. The third-order valence-corrected chi connectivity index (χ3v) is 5.20. The van der Waals surface area contributed by atoms with Gasteiger partial charge in [-0.1, -0.05) is 45.0 Å². The number of amides is 1. The van der Waals surface area contributed by atoms with Gasteiger partial charge in [0, 0.05) is 38.0 Å². The van der Waals surface area contributed by atoms with E-state index in [0.29, 0.717) is 43.7 Å². The Morgan fingerprint density at radius 2 is 1.89 bits per heavy atom. The topological polar surface area (TPSA) is 62.5 Å². The molecule has 2 aromatic rings. The average molecular weight is 388 g/mol. The number of rotatable bonds is 6. The highest BCUT2D eigenvalue weighted by Gasteiger charge is 2.32. The van der Waals surface area contributed by atoms with E-state index < -0.39 is 0 Å². The van der Waals surface area contributed by atoms with Crippen LogP contribution < -0.4 is 0 Å². The summed E-state index contributed by atoms with van der Waals surface area (Å²) in [6, 6.07) is 6.43. The van der Waals surface area contributed by atoms with Crippen molar-refractivity contribution in [2.45, 2.75) is 59.2 Å². The third-order valence-electron chi connectivity index (χ3n) is 5.20. The van der Waals surface area contributed by atoms with E-state index in [0.717, 1.165) is 12.1 Å². The molecule has 0 N–H and O–H groups in total. The lowest BCUT2D eigenvalue weighted by Crippen LogP contribution is -2.45. The van der Waals surface area contributed by atoms with Gasteiger partial charge in [0.1, 0.15) is 5.82 Å². The lowest BCUT2D eigenvalue weighted by Gasteiger charge is -2.34. The summed E-state index contributed by atoms with van der Waals surface area (Å²) in [4.78, 5) is 21.5. The van der Waals surface area contributed by atoms with Crippen molar-refractivity contribution >= 4 is 5.91 Å². The lowest BCUT2D eigenvalue weighted by molar-refractivity contribution is -0.134. The molecule has 6 nitrogen and oxygen atoms in total. The smallest absolute Gasteiger partial charge is 0.240 e. The lowest BCUT2D eigenvalue weighted by atomic mass is 10.0. The van der Waals surface area contributed by atoms with E-state index in [1.165, 1.54) is 12.1 Å². The Morgan fingerprint density at radius 3 is 2.50 bits per heavy atom. The zero-order valence-corrected chi connectivity index (χ0v) is 17.1. The summed E-state index contributed by atoms with van der Waals surface area (Å²) in [5, 5.41) is 4.03. The molecule has 0 spiro atoms. The van der Waals surface area contributed by atoms with Crippen LogP contribution in [0.2, 0.25) is 0 Å². The molecule has 1 aliphatic heterocycles. The van der Waals surface area contributed by atoms with E-state index in [-0.39, 0.29) is 23.7 Å². The predicted molar refractivity (Wildman–Crippen MR) is 104 cm³/mol. The minimum absolute atomic E-state index is 0.0625. The Balaban J connectivity index is 1.74. The summed E-state index contributed by atoms with van der Waals surface area (Å²) in [5.41, 5.74) is 0.937. The van der Waals surface area contributed by atoms with Crippen LogP contribution in [0.3, 0.4) is 0 Å². The summed E-state index contributed by atoms with van der Waals surface area (Å²) in [7, 11) is 0. The molecule has 152 valence electrons. The van der Waals surface area contributed by atoms with Crippen molar-refractivity contribution in [2.75, 3.05) is 13.1 Å². The first-order valence-corrected chi connectivity index (χ1v) is 9.92. The Labute approximate surface area is 165 Å².